The van der Waals surface area contributed by atoms with Crippen molar-refractivity contribution in [1.82, 2.24) is 5.32 Å². The van der Waals surface area contributed by atoms with E-state index in [-0.39, 0.29) is 0 Å². The average molecular weight is 191 g/mol. The summed E-state index contributed by atoms with van der Waals surface area (Å²) >= 11 is 0. The Kier molecular flexibility index (Phi) is 5.04. The van der Waals surface area contributed by atoms with Crippen LogP contribution >= 0.6 is 7.92 Å². The van der Waals surface area contributed by atoms with Crippen molar-refractivity contribution in [2.75, 3.05) is 0 Å². The van der Waals surface area contributed by atoms with Gasteiger partial charge in [-0.25, -0.2) is 0 Å². The minimum atomic E-state index is -1.33. The molecule has 0 amide bonds. The number of hydrogen-bond acceptors (Lipinski definition) is 4. The Hall–Kier alpha value is -1.09. The minimum absolute atomic E-state index is 0.510. The van der Waals surface area contributed by atoms with E-state index in [9.17, 15) is 14.2 Å². The third-order valence-electron chi connectivity index (χ3n) is 0.961. The molecular formula is C5H6NO5P. The normalized spacial score (nSPS) is 11.3. The van der Waals surface area contributed by atoms with Crippen LogP contribution in [0.5, 0.6) is 0 Å². The second-order valence-corrected chi connectivity index (χ2v) is 2.24. The van der Waals surface area contributed by atoms with Crippen molar-refractivity contribution in [2.24, 2.45) is 0 Å². The van der Waals surface area contributed by atoms with Crippen molar-refractivity contribution in [1.29, 1.82) is 0 Å². The zero-order valence-corrected chi connectivity index (χ0v) is 6.75. The number of hydrogen-bond donors (Lipinski definition) is 3. The molecule has 7 heteroatoms. The summed E-state index contributed by atoms with van der Waals surface area (Å²) in [5.41, 5.74) is 0. The molecule has 0 aromatic heterocycles. The van der Waals surface area contributed by atoms with Crippen molar-refractivity contribution in [3.05, 3.63) is 0 Å². The van der Waals surface area contributed by atoms with E-state index < -0.39 is 32.3 Å². The second kappa shape index (κ2) is 5.55. The standard InChI is InChI=1S/C5H6NO5P/c7-4(8)1-3(5(9)10)6-2-12-11/h3,6H,1H2,(H,7,8)(H,9,10)/t3-/m0/s1. The molecule has 0 heterocycles. The fraction of sp³-hybridized carbons (Fsp3) is 0.400. The molecule has 0 saturated heterocycles. The van der Waals surface area contributed by atoms with Crippen LogP contribution in [0.25, 0.3) is 0 Å². The van der Waals surface area contributed by atoms with E-state index in [0.29, 0.717) is 0 Å². The van der Waals surface area contributed by atoms with E-state index in [1.54, 1.807) is 0 Å². The molecule has 0 aromatic carbocycles. The molecule has 0 radical (unpaired) electrons. The second-order valence-electron chi connectivity index (χ2n) is 1.84. The zero-order valence-electron chi connectivity index (χ0n) is 5.85. The Morgan fingerprint density at radius 3 is 2.42 bits per heavy atom. The number of nitrogens with one attached hydrogen (secondary N) is 1. The van der Waals surface area contributed by atoms with Gasteiger partial charge in [0.15, 0.2) is 0 Å². The summed E-state index contributed by atoms with van der Waals surface area (Å²) in [6, 6.07) is -1.29. The van der Waals surface area contributed by atoms with Crippen molar-refractivity contribution < 1.29 is 24.4 Å². The average Bonchev–Trinajstić information content (AvgIpc) is 1.96. The molecule has 1 atom stereocenters. The van der Waals surface area contributed by atoms with Gasteiger partial charge in [-0.2, -0.15) is 0 Å². The molecule has 3 N–H and O–H groups in total. The van der Waals surface area contributed by atoms with Gasteiger partial charge in [0.2, 0.25) is 0 Å². The van der Waals surface area contributed by atoms with Gasteiger partial charge in [0, 0.05) is 0 Å². The predicted molar refractivity (Wildman–Crippen MR) is 38.3 cm³/mol. The first-order chi connectivity index (χ1) is 5.57. The number of rotatable bonds is 4. The molecule has 66 valence electrons. The molecule has 0 rings (SSSR count). The maximum absolute atomic E-state index is 10.3. The van der Waals surface area contributed by atoms with Crippen molar-refractivity contribution in [3.8, 4) is 5.75 Å². The first-order valence-electron chi connectivity index (χ1n) is 2.85. The van der Waals surface area contributed by atoms with E-state index in [0.717, 1.165) is 0 Å². The molecule has 6 nitrogen and oxygen atoms in total. The van der Waals surface area contributed by atoms with Crippen molar-refractivity contribution in [3.63, 3.8) is 0 Å². The predicted octanol–water partition coefficient (Wildman–Crippen LogP) is -0.288. The molecule has 0 aromatic rings. The van der Waals surface area contributed by atoms with Gasteiger partial charge in [0.05, 0.1) is 0 Å². The van der Waals surface area contributed by atoms with Crippen LogP contribution in [0.4, 0.5) is 0 Å². The Labute approximate surface area is 68.7 Å². The third kappa shape index (κ3) is 4.68. The Morgan fingerprint density at radius 2 is 2.08 bits per heavy atom. The van der Waals surface area contributed by atoms with Gasteiger partial charge < -0.3 is 0 Å². The summed E-state index contributed by atoms with van der Waals surface area (Å²) in [5, 5.41) is 18.6. The van der Waals surface area contributed by atoms with Gasteiger partial charge in [-0.05, 0) is 0 Å². The van der Waals surface area contributed by atoms with E-state index in [1.165, 1.54) is 0 Å². The number of carboxylic acid groups (broad SMARTS) is 2. The molecule has 0 unspecified atom stereocenters. The first-order valence-corrected chi connectivity index (χ1v) is 3.66. The SMILES string of the molecule is O=P#CN[C@@H](CC(=O)O)C(=O)O. The van der Waals surface area contributed by atoms with Crippen LogP contribution in [0, 0.1) is 5.75 Å². The maximum atomic E-state index is 10.3. The monoisotopic (exact) mass is 191 g/mol. The van der Waals surface area contributed by atoms with Gasteiger partial charge in [-0.3, -0.25) is 0 Å². The molecule has 0 bridgehead atoms. The number of carboxylic acids is 2. The van der Waals surface area contributed by atoms with Crippen molar-refractivity contribution in [2.45, 2.75) is 12.5 Å². The molecule has 0 fully saturated rings. The summed E-state index contributed by atoms with van der Waals surface area (Å²) < 4.78 is 9.80. The van der Waals surface area contributed by atoms with Crippen LogP contribution in [0.15, 0.2) is 0 Å². The molecule has 0 aliphatic rings. The van der Waals surface area contributed by atoms with Gasteiger partial charge in [-0.1, -0.05) is 0 Å². The Morgan fingerprint density at radius 1 is 1.50 bits per heavy atom. The third-order valence-corrected chi connectivity index (χ3v) is 1.18. The summed E-state index contributed by atoms with van der Waals surface area (Å²) in [6.45, 7) is 0. The quantitative estimate of drug-likeness (QED) is 0.416. The van der Waals surface area contributed by atoms with Crippen LogP contribution in [-0.2, 0) is 14.2 Å². The molecule has 0 aliphatic carbocycles. The number of carbonyl (C=O) groups is 2. The Balaban J connectivity index is 4.19. The van der Waals surface area contributed by atoms with Crippen LogP contribution in [0.2, 0.25) is 0 Å². The van der Waals surface area contributed by atoms with E-state index in [1.807, 2.05) is 11.1 Å². The topological polar surface area (TPSA) is 104 Å². The molecule has 0 aliphatic heterocycles. The van der Waals surface area contributed by atoms with Crippen LogP contribution in [0.3, 0.4) is 0 Å². The van der Waals surface area contributed by atoms with Crippen LogP contribution in [0.1, 0.15) is 6.42 Å². The van der Waals surface area contributed by atoms with Crippen molar-refractivity contribution >= 4 is 19.9 Å². The first kappa shape index (κ1) is 10.9. The Bertz CT molecular complexity index is 281. The fourth-order valence-corrected chi connectivity index (χ4v) is 0.688. The summed E-state index contributed by atoms with van der Waals surface area (Å²) in [5.74, 6) is -0.619. The molecule has 0 spiro atoms. The summed E-state index contributed by atoms with van der Waals surface area (Å²) in [4.78, 5) is 20.3. The molecular weight excluding hydrogens is 185 g/mol. The fourth-order valence-electron chi connectivity index (χ4n) is 0.479. The summed E-state index contributed by atoms with van der Waals surface area (Å²) in [6.07, 6.45) is -0.585. The zero-order chi connectivity index (χ0) is 9.56. The van der Waals surface area contributed by atoms with Gasteiger partial charge in [-0.15, -0.1) is 0 Å². The van der Waals surface area contributed by atoms with Gasteiger partial charge in [0.1, 0.15) is 0 Å². The molecule has 12 heavy (non-hydrogen) atoms. The van der Waals surface area contributed by atoms with Gasteiger partial charge >= 0.3 is 67.8 Å². The van der Waals surface area contributed by atoms with Gasteiger partial charge in [0.25, 0.3) is 0 Å². The van der Waals surface area contributed by atoms with E-state index in [4.69, 9.17) is 10.2 Å². The number of aliphatic carboxylic acids is 2. The molecule has 0 saturated carbocycles. The van der Waals surface area contributed by atoms with E-state index in [2.05, 4.69) is 0 Å². The van der Waals surface area contributed by atoms with Crippen LogP contribution < -0.4 is 5.32 Å². The van der Waals surface area contributed by atoms with E-state index >= 15 is 0 Å². The summed E-state index contributed by atoms with van der Waals surface area (Å²) in [7, 11) is -0.510. The van der Waals surface area contributed by atoms with Crippen LogP contribution in [-0.4, -0.2) is 28.2 Å².